The lowest BCUT2D eigenvalue weighted by Crippen LogP contribution is -2.52. The van der Waals surface area contributed by atoms with Crippen LogP contribution in [-0.4, -0.2) is 61.0 Å². The van der Waals surface area contributed by atoms with Gasteiger partial charge in [-0.1, -0.05) is 44.8 Å². The van der Waals surface area contributed by atoms with Gasteiger partial charge < -0.3 is 18.9 Å². The van der Waals surface area contributed by atoms with Crippen LogP contribution < -0.4 is 4.74 Å². The Hall–Kier alpha value is -2.72. The molecular formula is C26H29I2N3O7. The summed E-state index contributed by atoms with van der Waals surface area (Å²) in [6, 6.07) is 4.57. The lowest BCUT2D eigenvalue weighted by Gasteiger charge is -2.36. The van der Waals surface area contributed by atoms with Crippen molar-refractivity contribution >= 4 is 71.6 Å². The maximum absolute atomic E-state index is 13.6. The minimum atomic E-state index is -1.02. The molecule has 0 bridgehead atoms. The Labute approximate surface area is 245 Å². The fourth-order valence-corrected chi connectivity index (χ4v) is 5.52. The number of hydrogen-bond donors (Lipinski definition) is 0. The summed E-state index contributed by atoms with van der Waals surface area (Å²) in [6.45, 7) is 7.84. The van der Waals surface area contributed by atoms with Crippen molar-refractivity contribution in [2.75, 3.05) is 27.4 Å². The van der Waals surface area contributed by atoms with Gasteiger partial charge in [0.25, 0.3) is 0 Å². The molecule has 0 fully saturated rings. The zero-order valence-electron chi connectivity index (χ0n) is 21.5. The predicted molar refractivity (Wildman–Crippen MR) is 164 cm³/mol. The highest BCUT2D eigenvalue weighted by molar-refractivity contribution is 14.2. The van der Waals surface area contributed by atoms with E-state index in [9.17, 15) is 14.5 Å². The summed E-state index contributed by atoms with van der Waals surface area (Å²) in [5, 5.41) is 2.85. The molecular weight excluding hydrogens is 720 g/mol. The van der Waals surface area contributed by atoms with Gasteiger partial charge in [-0.2, -0.15) is 4.99 Å². The minimum Gasteiger partial charge on any atom is -0.468 e. The zero-order chi connectivity index (χ0) is 28.2. The molecule has 1 heterocycles. The molecule has 0 aliphatic carbocycles. The van der Waals surface area contributed by atoms with Gasteiger partial charge in [0, 0.05) is 14.3 Å². The molecule has 1 atom stereocenters. The monoisotopic (exact) mass is 749 g/mol. The molecule has 1 amide bonds. The van der Waals surface area contributed by atoms with Crippen molar-refractivity contribution in [1.29, 1.82) is 0 Å². The van der Waals surface area contributed by atoms with Gasteiger partial charge in [-0.3, -0.25) is 0 Å². The minimum absolute atomic E-state index is 0.0300. The third-order valence-electron chi connectivity index (χ3n) is 5.09. The first-order chi connectivity index (χ1) is 18.3. The average Bonchev–Trinajstić information content (AvgIpc) is 2.92. The van der Waals surface area contributed by atoms with E-state index >= 15 is 0 Å². The van der Waals surface area contributed by atoms with E-state index in [2.05, 4.69) is 43.9 Å². The second-order valence-electron chi connectivity index (χ2n) is 7.57. The molecule has 0 N–H and O–H groups in total. The van der Waals surface area contributed by atoms with Gasteiger partial charge in [0.2, 0.25) is 0 Å². The summed E-state index contributed by atoms with van der Waals surface area (Å²) >= 11 is 1.49. The number of esters is 1. The number of ether oxygens (including phenoxy) is 4. The molecule has 1 aromatic rings. The van der Waals surface area contributed by atoms with Gasteiger partial charge in [0.05, 0.1) is 31.6 Å². The highest BCUT2D eigenvalue weighted by atomic mass is 127. The number of carbonyl (C=O) groups is 2. The van der Waals surface area contributed by atoms with Crippen LogP contribution in [0.15, 0.2) is 77.2 Å². The number of methoxy groups -OCH3 is 2. The maximum atomic E-state index is 13.6. The van der Waals surface area contributed by atoms with Crippen LogP contribution in [0.4, 0.5) is 10.5 Å². The number of rotatable bonds is 11. The van der Waals surface area contributed by atoms with Crippen molar-refractivity contribution in [3.63, 3.8) is 0 Å². The Morgan fingerprint density at radius 2 is 1.95 bits per heavy atom. The average molecular weight is 749 g/mol. The lowest BCUT2D eigenvalue weighted by molar-refractivity contribution is -0.139. The third-order valence-corrected chi connectivity index (χ3v) is 8.49. The van der Waals surface area contributed by atoms with Crippen molar-refractivity contribution in [3.05, 3.63) is 71.9 Å². The van der Waals surface area contributed by atoms with Crippen LogP contribution in [0.3, 0.4) is 0 Å². The van der Waals surface area contributed by atoms with Gasteiger partial charge in [-0.15, -0.1) is 4.91 Å². The van der Waals surface area contributed by atoms with E-state index in [1.54, 1.807) is 13.0 Å². The fourth-order valence-electron chi connectivity index (χ4n) is 3.40. The molecule has 1 unspecified atom stereocenters. The van der Waals surface area contributed by atoms with Crippen molar-refractivity contribution in [2.45, 2.75) is 26.3 Å². The summed E-state index contributed by atoms with van der Waals surface area (Å²) in [5.41, 5.74) is 1.13. The standard InChI is InChI=1S/C26H29I2N3O7/c1-7-13-37-24(32)22-21(15-35-5)29-25(36-6)31(23(22)17(8-2)14-20(28-4)16(3)27)26(33)38-19-11-9-18(30-34)10-12-19/h8-12,14,23H,3-4,7,13,15H2,1-2,5-6H3/b17-8+,20-14+. The van der Waals surface area contributed by atoms with E-state index in [1.807, 2.05) is 13.0 Å². The van der Waals surface area contributed by atoms with Crippen LogP contribution in [0.25, 0.3) is 0 Å². The largest absolute Gasteiger partial charge is 0.468 e. The Morgan fingerprint density at radius 3 is 2.45 bits per heavy atom. The summed E-state index contributed by atoms with van der Waals surface area (Å²) in [4.78, 5) is 43.4. The van der Waals surface area contributed by atoms with Gasteiger partial charge >= 0.3 is 18.1 Å². The van der Waals surface area contributed by atoms with Crippen LogP contribution in [0, 0.1) is 4.91 Å². The molecule has 0 aromatic heterocycles. The van der Waals surface area contributed by atoms with Crippen molar-refractivity contribution in [1.82, 2.24) is 4.90 Å². The van der Waals surface area contributed by atoms with Crippen molar-refractivity contribution in [2.24, 2.45) is 10.2 Å². The number of nitroso groups, excluding NO2 is 1. The van der Waals surface area contributed by atoms with E-state index in [-0.39, 0.29) is 41.9 Å². The highest BCUT2D eigenvalue weighted by Gasteiger charge is 2.43. The Kier molecular flexibility index (Phi) is 13.0. The number of nitrogens with zero attached hydrogens (tertiary/aromatic N) is 3. The summed E-state index contributed by atoms with van der Waals surface area (Å²) in [5.74, 6) is -0.491. The van der Waals surface area contributed by atoms with E-state index < -0.39 is 38.8 Å². The van der Waals surface area contributed by atoms with Gasteiger partial charge in [0.15, 0.2) is 0 Å². The fraction of sp³-hybridized carbons (Fsp3) is 0.308. The molecule has 0 saturated heterocycles. The summed E-state index contributed by atoms with van der Waals surface area (Å²) in [6.07, 6.45) is 3.38. The maximum Gasteiger partial charge on any atom is 0.424 e. The number of allylic oxidation sites excluding steroid dienone is 3. The SMILES string of the molecule is C=I/C(=C/C(=C\C)C1C(C(=O)OCCC)=C(COC)N=C(OC)N1C(=O)Oc1ccc(N=O)cc1)C(=C)I. The first-order valence-corrected chi connectivity index (χ1v) is 15.0. The van der Waals surface area contributed by atoms with Crippen molar-refractivity contribution < 1.29 is 28.5 Å². The molecule has 10 nitrogen and oxygen atoms in total. The van der Waals surface area contributed by atoms with E-state index in [4.69, 9.17) is 18.9 Å². The van der Waals surface area contributed by atoms with Gasteiger partial charge in [-0.05, 0) is 77.0 Å². The Morgan fingerprint density at radius 1 is 1.26 bits per heavy atom. The van der Waals surface area contributed by atoms with E-state index in [0.29, 0.717) is 12.0 Å². The van der Waals surface area contributed by atoms with Gasteiger partial charge in [0.1, 0.15) is 17.5 Å². The summed E-state index contributed by atoms with van der Waals surface area (Å²) < 4.78 is 27.7. The molecule has 1 aliphatic heterocycles. The normalized spacial score (nSPS) is 16.1. The summed E-state index contributed by atoms with van der Waals surface area (Å²) in [7, 11) is 2.83. The van der Waals surface area contributed by atoms with Crippen LogP contribution >= 0.6 is 43.3 Å². The third kappa shape index (κ3) is 7.89. The quantitative estimate of drug-likeness (QED) is 0.113. The van der Waals surface area contributed by atoms with E-state index in [1.165, 1.54) is 38.5 Å². The molecule has 38 heavy (non-hydrogen) atoms. The number of halogens is 2. The lowest BCUT2D eigenvalue weighted by atomic mass is 9.93. The second kappa shape index (κ2) is 15.6. The predicted octanol–water partition coefficient (Wildman–Crippen LogP) is 6.31. The van der Waals surface area contributed by atoms with Crippen LogP contribution in [0.5, 0.6) is 5.75 Å². The smallest absolute Gasteiger partial charge is 0.424 e. The molecule has 0 spiro atoms. The van der Waals surface area contributed by atoms with Crippen LogP contribution in [0.2, 0.25) is 0 Å². The second-order valence-corrected chi connectivity index (χ2v) is 10.8. The van der Waals surface area contributed by atoms with Gasteiger partial charge in [-0.25, -0.2) is 14.5 Å². The number of benzene rings is 1. The Bertz CT molecular complexity index is 1200. The number of amides is 1. The molecule has 1 aromatic carbocycles. The zero-order valence-corrected chi connectivity index (χ0v) is 25.8. The molecule has 204 valence electrons. The Balaban J connectivity index is 2.76. The topological polar surface area (TPSA) is 116 Å². The molecule has 0 radical (unpaired) electrons. The first kappa shape index (κ1) is 31.5. The number of amidine groups is 1. The molecule has 0 saturated carbocycles. The number of carbonyl (C=O) groups excluding carboxylic acids is 2. The van der Waals surface area contributed by atoms with Crippen LogP contribution in [-0.2, 0) is 19.0 Å². The number of hydrogen-bond acceptors (Lipinski definition) is 9. The van der Waals surface area contributed by atoms with Crippen molar-refractivity contribution in [3.8, 4) is 5.75 Å². The molecule has 1 aliphatic rings. The van der Waals surface area contributed by atoms with E-state index in [0.717, 1.165) is 12.1 Å². The molecule has 12 heteroatoms. The highest BCUT2D eigenvalue weighted by Crippen LogP contribution is 2.35. The number of aliphatic imine (C=N–C) groups is 1. The van der Waals surface area contributed by atoms with Crippen LogP contribution in [0.1, 0.15) is 20.3 Å². The first-order valence-electron chi connectivity index (χ1n) is 11.3. The molecule has 2 rings (SSSR count).